The Morgan fingerprint density at radius 3 is 0.782 bits per heavy atom. The lowest BCUT2D eigenvalue weighted by molar-refractivity contribution is -0.161. The van der Waals surface area contributed by atoms with Gasteiger partial charge >= 0.3 is 39.5 Å². The van der Waals surface area contributed by atoms with Gasteiger partial charge in [-0.2, -0.15) is 0 Å². The van der Waals surface area contributed by atoms with Crippen molar-refractivity contribution < 1.29 is 80.2 Å². The van der Waals surface area contributed by atoms with Gasteiger partial charge in [0.1, 0.15) is 19.3 Å². The number of ether oxygens (including phenoxy) is 4. The van der Waals surface area contributed by atoms with E-state index in [2.05, 4.69) is 48.5 Å². The fourth-order valence-corrected chi connectivity index (χ4v) is 11.8. The minimum absolute atomic E-state index is 0.105. The van der Waals surface area contributed by atoms with Crippen LogP contribution in [0, 0.1) is 17.8 Å². The third-order valence-corrected chi connectivity index (χ3v) is 17.5. The van der Waals surface area contributed by atoms with Gasteiger partial charge < -0.3 is 33.8 Å². The predicted molar refractivity (Wildman–Crippen MR) is 349 cm³/mol. The van der Waals surface area contributed by atoms with E-state index in [0.717, 1.165) is 108 Å². The summed E-state index contributed by atoms with van der Waals surface area (Å²) < 4.78 is 68.2. The molecule has 0 radical (unpaired) electrons. The molecule has 17 nitrogen and oxygen atoms in total. The van der Waals surface area contributed by atoms with Gasteiger partial charge in [-0.1, -0.05) is 286 Å². The number of hydrogen-bond acceptors (Lipinski definition) is 15. The molecule has 3 N–H and O–H groups in total. The Bertz CT molecular complexity index is 1720. The van der Waals surface area contributed by atoms with Gasteiger partial charge in [0.15, 0.2) is 12.2 Å². The number of carbonyl (C=O) groups is 4. The molecule has 19 heteroatoms. The highest BCUT2D eigenvalue weighted by atomic mass is 31.2. The van der Waals surface area contributed by atoms with Crippen molar-refractivity contribution in [3.05, 3.63) is 0 Å². The van der Waals surface area contributed by atoms with E-state index in [1.807, 2.05) is 0 Å². The van der Waals surface area contributed by atoms with E-state index in [0.29, 0.717) is 25.7 Å². The van der Waals surface area contributed by atoms with Gasteiger partial charge in [0.25, 0.3) is 0 Å². The number of phosphoric acid groups is 2. The van der Waals surface area contributed by atoms with E-state index in [1.165, 1.54) is 148 Å². The average molecular weight is 1280 g/mol. The number of aliphatic hydroxyl groups is 1. The van der Waals surface area contributed by atoms with Gasteiger partial charge in [0.2, 0.25) is 0 Å². The number of carbonyl (C=O) groups excluding carboxylic acids is 4. The van der Waals surface area contributed by atoms with Crippen LogP contribution in [0.1, 0.15) is 337 Å². The zero-order valence-electron chi connectivity index (χ0n) is 56.5. The molecule has 0 aromatic carbocycles. The molecule has 0 bridgehead atoms. The number of rotatable bonds is 66. The molecule has 5 atom stereocenters. The summed E-state index contributed by atoms with van der Waals surface area (Å²) in [7, 11) is -9.90. The fraction of sp³-hybridized carbons (Fsp3) is 0.941. The van der Waals surface area contributed by atoms with E-state index < -0.39 is 97.5 Å². The normalized spacial score (nSPS) is 14.3. The van der Waals surface area contributed by atoms with Crippen molar-refractivity contribution in [2.45, 2.75) is 356 Å². The highest BCUT2D eigenvalue weighted by Gasteiger charge is 2.30. The molecule has 0 aliphatic heterocycles. The number of esters is 4. The van der Waals surface area contributed by atoms with Crippen LogP contribution in [0.5, 0.6) is 0 Å². The molecule has 0 aromatic rings. The highest BCUT2D eigenvalue weighted by Crippen LogP contribution is 2.45. The van der Waals surface area contributed by atoms with Crippen LogP contribution in [-0.4, -0.2) is 96.7 Å². The maximum Gasteiger partial charge on any atom is 0.472 e. The zero-order valence-corrected chi connectivity index (χ0v) is 58.3. The lowest BCUT2D eigenvalue weighted by Gasteiger charge is -2.21. The van der Waals surface area contributed by atoms with Crippen LogP contribution in [-0.2, 0) is 65.4 Å². The molecule has 87 heavy (non-hydrogen) atoms. The second kappa shape index (κ2) is 59.1. The SMILES string of the molecule is CCCCCCCCCCCCCC(=O)OC[C@H](COP(=O)(O)OC[C@H](O)COP(=O)(O)OC[C@@H](COC(=O)CCCCCCCCCCCC(C)C)OC(=O)CCCCCCCCCCCC(C)C)OC(=O)CCCCCCCCCCCC(C)C. The summed E-state index contributed by atoms with van der Waals surface area (Å²) in [4.78, 5) is 72.4. The van der Waals surface area contributed by atoms with Gasteiger partial charge in [0.05, 0.1) is 26.4 Å². The van der Waals surface area contributed by atoms with E-state index in [4.69, 9.17) is 37.0 Å². The summed E-state index contributed by atoms with van der Waals surface area (Å²) >= 11 is 0. The zero-order chi connectivity index (χ0) is 64.5. The molecule has 0 heterocycles. The predicted octanol–water partition coefficient (Wildman–Crippen LogP) is 19.1. The molecule has 0 amide bonds. The highest BCUT2D eigenvalue weighted by molar-refractivity contribution is 7.47. The lowest BCUT2D eigenvalue weighted by Crippen LogP contribution is -2.30. The standard InChI is InChI=1S/C68H132O17P2/c1-8-9-10-11-12-13-14-21-28-35-42-49-65(70)78-55-63(84-67(72)51-44-37-30-23-16-19-26-33-40-47-60(4)5)57-82-86(74,75)80-53-62(69)54-81-87(76,77)83-58-64(85-68(73)52-45-38-31-24-17-20-27-34-41-48-61(6)7)56-79-66(71)50-43-36-29-22-15-18-25-32-39-46-59(2)3/h59-64,69H,8-58H2,1-7H3,(H,74,75)(H,76,77)/t62-,63+,64+/m0/s1. The van der Waals surface area contributed by atoms with Gasteiger partial charge in [-0.3, -0.25) is 37.3 Å². The van der Waals surface area contributed by atoms with E-state index >= 15 is 0 Å². The summed E-state index contributed by atoms with van der Waals surface area (Å²) in [5.74, 6) is 0.0871. The number of phosphoric ester groups is 2. The second-order valence-corrected chi connectivity index (χ2v) is 28.9. The van der Waals surface area contributed by atoms with Crippen molar-refractivity contribution in [2.24, 2.45) is 17.8 Å². The molecule has 0 saturated carbocycles. The van der Waals surface area contributed by atoms with Crippen LogP contribution in [0.15, 0.2) is 0 Å². The van der Waals surface area contributed by atoms with E-state index in [1.54, 1.807) is 0 Å². The monoisotopic (exact) mass is 1280 g/mol. The first-order valence-electron chi connectivity index (χ1n) is 35.3. The Labute approximate surface area is 530 Å². The lowest BCUT2D eigenvalue weighted by atomic mass is 10.0. The summed E-state index contributed by atoms with van der Waals surface area (Å²) in [5.41, 5.74) is 0. The van der Waals surface area contributed by atoms with Crippen LogP contribution in [0.4, 0.5) is 0 Å². The number of hydrogen-bond donors (Lipinski definition) is 3. The molecule has 0 spiro atoms. The van der Waals surface area contributed by atoms with Gasteiger partial charge in [0, 0.05) is 25.7 Å². The van der Waals surface area contributed by atoms with Crippen molar-refractivity contribution in [3.63, 3.8) is 0 Å². The minimum Gasteiger partial charge on any atom is -0.462 e. The average Bonchev–Trinajstić information content (AvgIpc) is 3.68. The van der Waals surface area contributed by atoms with Crippen LogP contribution in [0.2, 0.25) is 0 Å². The first kappa shape index (κ1) is 85.1. The smallest absolute Gasteiger partial charge is 0.462 e. The quantitative estimate of drug-likeness (QED) is 0.0222. The Morgan fingerprint density at radius 1 is 0.310 bits per heavy atom. The van der Waals surface area contributed by atoms with Crippen LogP contribution < -0.4 is 0 Å². The fourth-order valence-electron chi connectivity index (χ4n) is 10.2. The summed E-state index contributed by atoms with van der Waals surface area (Å²) in [6, 6.07) is 0. The minimum atomic E-state index is -4.95. The molecule has 0 rings (SSSR count). The third-order valence-electron chi connectivity index (χ3n) is 15.6. The largest absolute Gasteiger partial charge is 0.472 e. The number of unbranched alkanes of at least 4 members (excludes halogenated alkanes) is 34. The van der Waals surface area contributed by atoms with E-state index in [-0.39, 0.29) is 25.7 Å². The molecule has 0 fully saturated rings. The molecule has 2 unspecified atom stereocenters. The van der Waals surface area contributed by atoms with Crippen molar-refractivity contribution in [1.82, 2.24) is 0 Å². The Morgan fingerprint density at radius 2 is 0.529 bits per heavy atom. The van der Waals surface area contributed by atoms with Crippen LogP contribution >= 0.6 is 15.6 Å². The van der Waals surface area contributed by atoms with Gasteiger partial charge in [-0.15, -0.1) is 0 Å². The van der Waals surface area contributed by atoms with Crippen molar-refractivity contribution in [2.75, 3.05) is 39.6 Å². The van der Waals surface area contributed by atoms with E-state index in [9.17, 15) is 43.2 Å². The maximum atomic E-state index is 13.0. The van der Waals surface area contributed by atoms with Gasteiger partial charge in [-0.05, 0) is 43.4 Å². The Hall–Kier alpha value is -1.94. The van der Waals surface area contributed by atoms with Crippen molar-refractivity contribution >= 4 is 39.5 Å². The number of aliphatic hydroxyl groups excluding tert-OH is 1. The molecule has 516 valence electrons. The van der Waals surface area contributed by atoms with Crippen molar-refractivity contribution in [1.29, 1.82) is 0 Å². The molecule has 0 aliphatic rings. The molecule has 0 aromatic heterocycles. The first-order chi connectivity index (χ1) is 41.7. The second-order valence-electron chi connectivity index (χ2n) is 26.0. The molecule has 0 saturated heterocycles. The maximum absolute atomic E-state index is 13.0. The molecular formula is C68H132O17P2. The molecule has 0 aliphatic carbocycles. The Balaban J connectivity index is 5.26. The van der Waals surface area contributed by atoms with Crippen molar-refractivity contribution in [3.8, 4) is 0 Å². The van der Waals surface area contributed by atoms with Gasteiger partial charge in [-0.25, -0.2) is 9.13 Å². The summed E-state index contributed by atoms with van der Waals surface area (Å²) in [6.07, 6.45) is 41.6. The first-order valence-corrected chi connectivity index (χ1v) is 38.3. The summed E-state index contributed by atoms with van der Waals surface area (Å²) in [5, 5.41) is 10.6. The summed E-state index contributed by atoms with van der Waals surface area (Å²) in [6.45, 7) is 11.8. The third kappa shape index (κ3) is 62.6. The topological polar surface area (TPSA) is 237 Å². The Kier molecular flexibility index (Phi) is 57.8. The molecular weight excluding hydrogens is 1150 g/mol. The van der Waals surface area contributed by atoms with Crippen LogP contribution in [0.3, 0.4) is 0 Å². The van der Waals surface area contributed by atoms with Crippen LogP contribution in [0.25, 0.3) is 0 Å².